The molecule has 0 saturated carbocycles. The van der Waals surface area contributed by atoms with Gasteiger partial charge in [-0.15, -0.1) is 0 Å². The van der Waals surface area contributed by atoms with E-state index in [1.165, 1.54) is 5.56 Å². The molecule has 0 aliphatic heterocycles. The summed E-state index contributed by atoms with van der Waals surface area (Å²) in [6.07, 6.45) is 2.56. The molecule has 1 unspecified atom stereocenters. The summed E-state index contributed by atoms with van der Waals surface area (Å²) < 4.78 is 25.3. The summed E-state index contributed by atoms with van der Waals surface area (Å²) in [4.78, 5) is 0. The molecule has 0 aliphatic carbocycles. The molecule has 0 radical (unpaired) electrons. The normalized spacial score (nSPS) is 13.3. The molecule has 3 nitrogen and oxygen atoms in total. The van der Waals surface area contributed by atoms with E-state index in [4.69, 9.17) is 0 Å². The fraction of sp³-hybridized carbons (Fsp3) is 0.600. The molecule has 0 saturated heterocycles. The Bertz CT molecular complexity index is 526. The minimum atomic E-state index is -2.88. The Kier molecular flexibility index (Phi) is 8.46. The molecule has 6 heteroatoms. The molecule has 1 aromatic rings. The van der Waals surface area contributed by atoms with Gasteiger partial charge in [0, 0.05) is 20.7 Å². The number of halogens is 2. The van der Waals surface area contributed by atoms with Gasteiger partial charge in [-0.2, -0.15) is 0 Å². The molecular weight excluding hydrogens is 418 g/mol. The van der Waals surface area contributed by atoms with Crippen LogP contribution in [0.4, 0.5) is 0 Å². The van der Waals surface area contributed by atoms with Gasteiger partial charge >= 0.3 is 0 Å². The second kappa shape index (κ2) is 9.28. The number of benzene rings is 1. The lowest BCUT2D eigenvalue weighted by molar-refractivity contribution is 0.492. The summed E-state index contributed by atoms with van der Waals surface area (Å²) >= 11 is 7.01. The van der Waals surface area contributed by atoms with Gasteiger partial charge in [0.25, 0.3) is 0 Å². The topological polar surface area (TPSA) is 46.2 Å². The average molecular weight is 441 g/mol. The van der Waals surface area contributed by atoms with E-state index in [1.807, 2.05) is 6.07 Å². The maximum absolute atomic E-state index is 11.6. The van der Waals surface area contributed by atoms with E-state index in [9.17, 15) is 8.42 Å². The van der Waals surface area contributed by atoms with Crippen LogP contribution in [0, 0.1) is 0 Å². The van der Waals surface area contributed by atoms with Crippen molar-refractivity contribution < 1.29 is 8.42 Å². The Labute approximate surface area is 145 Å². The lowest BCUT2D eigenvalue weighted by Gasteiger charge is -2.19. The highest BCUT2D eigenvalue weighted by molar-refractivity contribution is 9.11. The second-order valence-electron chi connectivity index (χ2n) is 5.09. The average Bonchev–Trinajstić information content (AvgIpc) is 2.41. The van der Waals surface area contributed by atoms with Gasteiger partial charge in [0.2, 0.25) is 0 Å². The van der Waals surface area contributed by atoms with Gasteiger partial charge in [-0.05, 0) is 49.6 Å². The molecule has 0 fully saturated rings. The zero-order valence-corrected chi connectivity index (χ0v) is 16.5. The molecule has 0 spiro atoms. The first-order chi connectivity index (χ1) is 9.88. The van der Waals surface area contributed by atoms with Crippen molar-refractivity contribution in [2.75, 3.05) is 18.1 Å². The summed E-state index contributed by atoms with van der Waals surface area (Å²) in [7, 11) is -2.88. The lowest BCUT2D eigenvalue weighted by Crippen LogP contribution is -2.23. The Morgan fingerprint density at radius 1 is 1.14 bits per heavy atom. The summed E-state index contributed by atoms with van der Waals surface area (Å²) in [5.41, 5.74) is 1.18. The fourth-order valence-corrected chi connectivity index (χ4v) is 4.36. The molecule has 1 N–H and O–H groups in total. The van der Waals surface area contributed by atoms with Crippen molar-refractivity contribution in [1.82, 2.24) is 5.32 Å². The van der Waals surface area contributed by atoms with Crippen molar-refractivity contribution >= 4 is 41.7 Å². The van der Waals surface area contributed by atoms with Gasteiger partial charge in [-0.1, -0.05) is 45.7 Å². The van der Waals surface area contributed by atoms with Crippen molar-refractivity contribution in [3.63, 3.8) is 0 Å². The highest BCUT2D eigenvalue weighted by Gasteiger charge is 2.14. The van der Waals surface area contributed by atoms with Crippen molar-refractivity contribution in [3.05, 3.63) is 32.7 Å². The van der Waals surface area contributed by atoms with E-state index in [0.717, 1.165) is 28.3 Å². The maximum Gasteiger partial charge on any atom is 0.150 e. The first-order valence-electron chi connectivity index (χ1n) is 7.27. The highest BCUT2D eigenvalue weighted by atomic mass is 79.9. The predicted octanol–water partition coefficient (Wildman–Crippen LogP) is 4.47. The first kappa shape index (κ1) is 19.1. The lowest BCUT2D eigenvalue weighted by atomic mass is 10.0. The van der Waals surface area contributed by atoms with E-state index < -0.39 is 9.84 Å². The van der Waals surface area contributed by atoms with Crippen molar-refractivity contribution in [2.45, 2.75) is 39.2 Å². The van der Waals surface area contributed by atoms with Gasteiger partial charge in [0.1, 0.15) is 9.84 Å². The zero-order chi connectivity index (χ0) is 15.9. The standard InChI is InChI=1S/C15H23Br2NO2S/c1-3-7-18-15(6-5-8-21(19,20)4-2)12-9-13(16)11-14(17)10-12/h9-11,15,18H,3-8H2,1-2H3. The van der Waals surface area contributed by atoms with Crippen LogP contribution in [0.1, 0.15) is 44.7 Å². The summed E-state index contributed by atoms with van der Waals surface area (Å²) in [6.45, 7) is 4.76. The molecule has 1 aromatic carbocycles. The number of rotatable bonds is 9. The van der Waals surface area contributed by atoms with Crippen LogP contribution in [-0.2, 0) is 9.84 Å². The molecule has 0 heterocycles. The summed E-state index contributed by atoms with van der Waals surface area (Å²) in [5, 5.41) is 3.51. The molecule has 1 rings (SSSR count). The zero-order valence-electron chi connectivity index (χ0n) is 12.5. The monoisotopic (exact) mass is 439 g/mol. The summed E-state index contributed by atoms with van der Waals surface area (Å²) in [6, 6.07) is 6.37. The third-order valence-corrected chi connectivity index (χ3v) is 6.02. The molecule has 21 heavy (non-hydrogen) atoms. The molecule has 0 aliphatic rings. The molecular formula is C15H23Br2NO2S. The van der Waals surface area contributed by atoms with Gasteiger partial charge in [0.15, 0.2) is 0 Å². The molecule has 120 valence electrons. The Morgan fingerprint density at radius 3 is 2.29 bits per heavy atom. The van der Waals surface area contributed by atoms with Crippen LogP contribution in [0.25, 0.3) is 0 Å². The third-order valence-electron chi connectivity index (χ3n) is 3.32. The maximum atomic E-state index is 11.6. The van der Waals surface area contributed by atoms with E-state index in [1.54, 1.807) is 6.92 Å². The first-order valence-corrected chi connectivity index (χ1v) is 10.7. The van der Waals surface area contributed by atoms with Gasteiger partial charge in [0.05, 0.1) is 5.75 Å². The van der Waals surface area contributed by atoms with Crippen LogP contribution in [0.3, 0.4) is 0 Å². The minimum Gasteiger partial charge on any atom is -0.310 e. The van der Waals surface area contributed by atoms with Crippen molar-refractivity contribution in [3.8, 4) is 0 Å². The number of sulfone groups is 1. The van der Waals surface area contributed by atoms with Gasteiger partial charge in [-0.3, -0.25) is 0 Å². The Morgan fingerprint density at radius 2 is 1.76 bits per heavy atom. The fourth-order valence-electron chi connectivity index (χ4n) is 2.13. The quantitative estimate of drug-likeness (QED) is 0.616. The number of hydrogen-bond acceptors (Lipinski definition) is 3. The van der Waals surface area contributed by atoms with Gasteiger partial charge in [-0.25, -0.2) is 8.42 Å². The van der Waals surface area contributed by atoms with Crippen LogP contribution in [0.2, 0.25) is 0 Å². The summed E-state index contributed by atoms with van der Waals surface area (Å²) in [5.74, 6) is 0.492. The van der Waals surface area contributed by atoms with Crippen molar-refractivity contribution in [1.29, 1.82) is 0 Å². The van der Waals surface area contributed by atoms with E-state index >= 15 is 0 Å². The minimum absolute atomic E-state index is 0.186. The molecule has 0 aromatic heterocycles. The van der Waals surface area contributed by atoms with Crippen LogP contribution < -0.4 is 5.32 Å². The largest absolute Gasteiger partial charge is 0.310 e. The van der Waals surface area contributed by atoms with Crippen LogP contribution in [0.15, 0.2) is 27.1 Å². The number of nitrogens with one attached hydrogen (secondary N) is 1. The van der Waals surface area contributed by atoms with E-state index in [-0.39, 0.29) is 17.5 Å². The van der Waals surface area contributed by atoms with E-state index in [2.05, 4.69) is 56.2 Å². The second-order valence-corrected chi connectivity index (χ2v) is 9.39. The molecule has 0 bridgehead atoms. The Balaban J connectivity index is 2.75. The van der Waals surface area contributed by atoms with Crippen molar-refractivity contribution in [2.24, 2.45) is 0 Å². The highest BCUT2D eigenvalue weighted by Crippen LogP contribution is 2.26. The van der Waals surface area contributed by atoms with Crippen LogP contribution in [-0.4, -0.2) is 26.5 Å². The SMILES string of the molecule is CCCNC(CCCS(=O)(=O)CC)c1cc(Br)cc(Br)c1. The van der Waals surface area contributed by atoms with Crippen LogP contribution in [0.5, 0.6) is 0 Å². The smallest absolute Gasteiger partial charge is 0.150 e. The van der Waals surface area contributed by atoms with E-state index in [0.29, 0.717) is 6.42 Å². The number of hydrogen-bond donors (Lipinski definition) is 1. The molecule has 1 atom stereocenters. The molecule has 0 amide bonds. The Hall–Kier alpha value is 0.0900. The van der Waals surface area contributed by atoms with Gasteiger partial charge < -0.3 is 5.32 Å². The predicted molar refractivity (Wildman–Crippen MR) is 96.4 cm³/mol. The van der Waals surface area contributed by atoms with Crippen LogP contribution >= 0.6 is 31.9 Å². The third kappa shape index (κ3) is 7.26.